The fraction of sp³-hybridized carbons (Fsp3) is 0.235. The SMILES string of the molecule is CCN(C(=O)c1cc(C)ccc1O)c1ccc(CN)cc1. The summed E-state index contributed by atoms with van der Waals surface area (Å²) in [6.45, 7) is 4.79. The van der Waals surface area contributed by atoms with Gasteiger partial charge in [0.25, 0.3) is 5.91 Å². The number of nitrogens with zero attached hydrogens (tertiary/aromatic N) is 1. The number of phenolic OH excluding ortho intramolecular Hbond substituents is 1. The van der Waals surface area contributed by atoms with E-state index in [0.29, 0.717) is 18.7 Å². The molecule has 0 aliphatic carbocycles. The van der Waals surface area contributed by atoms with E-state index in [1.54, 1.807) is 23.1 Å². The number of aryl methyl sites for hydroxylation is 1. The normalized spacial score (nSPS) is 10.4. The lowest BCUT2D eigenvalue weighted by Gasteiger charge is -2.22. The molecule has 0 aliphatic rings. The van der Waals surface area contributed by atoms with Crippen molar-refractivity contribution in [1.29, 1.82) is 0 Å². The number of hydrogen-bond acceptors (Lipinski definition) is 3. The summed E-state index contributed by atoms with van der Waals surface area (Å²) in [6, 6.07) is 12.6. The zero-order valence-electron chi connectivity index (χ0n) is 12.3. The van der Waals surface area contributed by atoms with E-state index in [2.05, 4.69) is 0 Å². The second kappa shape index (κ2) is 6.41. The molecule has 0 aromatic heterocycles. The minimum absolute atomic E-state index is 0.00243. The third kappa shape index (κ3) is 3.23. The molecule has 0 aliphatic heterocycles. The number of anilines is 1. The maximum Gasteiger partial charge on any atom is 0.262 e. The molecule has 0 unspecified atom stereocenters. The third-order valence-electron chi connectivity index (χ3n) is 3.43. The smallest absolute Gasteiger partial charge is 0.262 e. The highest BCUT2D eigenvalue weighted by atomic mass is 16.3. The van der Waals surface area contributed by atoms with Crippen LogP contribution in [0.5, 0.6) is 5.75 Å². The molecule has 2 aromatic rings. The van der Waals surface area contributed by atoms with Crippen LogP contribution in [0.1, 0.15) is 28.4 Å². The lowest BCUT2D eigenvalue weighted by Crippen LogP contribution is -2.30. The van der Waals surface area contributed by atoms with Crippen LogP contribution >= 0.6 is 0 Å². The van der Waals surface area contributed by atoms with Crippen LogP contribution in [0.2, 0.25) is 0 Å². The number of hydrogen-bond donors (Lipinski definition) is 2. The minimum atomic E-state index is -0.209. The summed E-state index contributed by atoms with van der Waals surface area (Å²) < 4.78 is 0. The molecule has 1 amide bonds. The van der Waals surface area contributed by atoms with Crippen molar-refractivity contribution in [3.63, 3.8) is 0 Å². The second-order valence-corrected chi connectivity index (χ2v) is 4.94. The van der Waals surface area contributed by atoms with Gasteiger partial charge in [0.05, 0.1) is 5.56 Å². The van der Waals surface area contributed by atoms with Crippen LogP contribution in [0.15, 0.2) is 42.5 Å². The quantitative estimate of drug-likeness (QED) is 0.907. The number of benzene rings is 2. The number of aromatic hydroxyl groups is 1. The molecule has 0 atom stereocenters. The fourth-order valence-corrected chi connectivity index (χ4v) is 2.22. The summed E-state index contributed by atoms with van der Waals surface area (Å²) in [5, 5.41) is 9.91. The molecule has 3 N–H and O–H groups in total. The van der Waals surface area contributed by atoms with E-state index in [-0.39, 0.29) is 11.7 Å². The van der Waals surface area contributed by atoms with Gasteiger partial charge in [0.15, 0.2) is 0 Å². The lowest BCUT2D eigenvalue weighted by atomic mass is 10.1. The van der Waals surface area contributed by atoms with E-state index in [9.17, 15) is 9.90 Å². The number of phenols is 1. The molecule has 2 rings (SSSR count). The molecule has 0 bridgehead atoms. The molecule has 4 heteroatoms. The number of carbonyl (C=O) groups excluding carboxylic acids is 1. The van der Waals surface area contributed by atoms with Gasteiger partial charge in [-0.15, -0.1) is 0 Å². The summed E-state index contributed by atoms with van der Waals surface area (Å²) in [4.78, 5) is 14.3. The highest BCUT2D eigenvalue weighted by molar-refractivity contribution is 6.07. The van der Waals surface area contributed by atoms with E-state index in [1.165, 1.54) is 0 Å². The second-order valence-electron chi connectivity index (χ2n) is 4.94. The van der Waals surface area contributed by atoms with Crippen molar-refractivity contribution >= 4 is 11.6 Å². The molecular weight excluding hydrogens is 264 g/mol. The topological polar surface area (TPSA) is 66.6 Å². The summed E-state index contributed by atoms with van der Waals surface area (Å²) in [6.07, 6.45) is 0. The zero-order valence-corrected chi connectivity index (χ0v) is 12.3. The van der Waals surface area contributed by atoms with Crippen LogP contribution in [-0.2, 0) is 6.54 Å². The Kier molecular flexibility index (Phi) is 4.60. The molecule has 0 saturated carbocycles. The third-order valence-corrected chi connectivity index (χ3v) is 3.43. The van der Waals surface area contributed by atoms with Crippen molar-refractivity contribution in [1.82, 2.24) is 0 Å². The van der Waals surface area contributed by atoms with Gasteiger partial charge in [-0.3, -0.25) is 4.79 Å². The van der Waals surface area contributed by atoms with Crippen LogP contribution < -0.4 is 10.6 Å². The van der Waals surface area contributed by atoms with Crippen LogP contribution in [0, 0.1) is 6.92 Å². The van der Waals surface area contributed by atoms with E-state index in [1.807, 2.05) is 38.1 Å². The van der Waals surface area contributed by atoms with E-state index in [0.717, 1.165) is 16.8 Å². The Morgan fingerprint density at radius 1 is 1.19 bits per heavy atom. The first-order valence-corrected chi connectivity index (χ1v) is 6.97. The maximum absolute atomic E-state index is 12.6. The largest absolute Gasteiger partial charge is 0.507 e. The first-order chi connectivity index (χ1) is 10.1. The highest BCUT2D eigenvalue weighted by Gasteiger charge is 2.19. The van der Waals surface area contributed by atoms with Crippen LogP contribution in [0.3, 0.4) is 0 Å². The molecule has 2 aromatic carbocycles. The summed E-state index contributed by atoms with van der Waals surface area (Å²) in [5.41, 5.74) is 8.64. The number of amides is 1. The Bertz CT molecular complexity index is 636. The van der Waals surface area contributed by atoms with Gasteiger partial charge in [-0.05, 0) is 43.7 Å². The van der Waals surface area contributed by atoms with Crippen LogP contribution in [0.25, 0.3) is 0 Å². The van der Waals surface area contributed by atoms with Gasteiger partial charge in [0.1, 0.15) is 5.75 Å². The molecule has 0 radical (unpaired) electrons. The van der Waals surface area contributed by atoms with Crippen molar-refractivity contribution < 1.29 is 9.90 Å². The Morgan fingerprint density at radius 3 is 2.43 bits per heavy atom. The Labute approximate surface area is 124 Å². The predicted octanol–water partition coefficient (Wildman–Crippen LogP) is 2.83. The number of nitrogens with two attached hydrogens (primary N) is 1. The molecular formula is C17H20N2O2. The minimum Gasteiger partial charge on any atom is -0.507 e. The van der Waals surface area contributed by atoms with Crippen LogP contribution in [-0.4, -0.2) is 17.6 Å². The zero-order chi connectivity index (χ0) is 15.4. The van der Waals surface area contributed by atoms with E-state index >= 15 is 0 Å². The summed E-state index contributed by atoms with van der Waals surface area (Å²) in [5.74, 6) is -0.207. The van der Waals surface area contributed by atoms with E-state index < -0.39 is 0 Å². The predicted molar refractivity (Wildman–Crippen MR) is 84.5 cm³/mol. The molecule has 0 heterocycles. The van der Waals surface area contributed by atoms with E-state index in [4.69, 9.17) is 5.73 Å². The molecule has 0 fully saturated rings. The molecule has 110 valence electrons. The van der Waals surface area contributed by atoms with Gasteiger partial charge < -0.3 is 15.7 Å². The maximum atomic E-state index is 12.6. The molecule has 4 nitrogen and oxygen atoms in total. The molecule has 21 heavy (non-hydrogen) atoms. The van der Waals surface area contributed by atoms with Crippen molar-refractivity contribution in [3.05, 3.63) is 59.2 Å². The van der Waals surface area contributed by atoms with Crippen molar-refractivity contribution in [3.8, 4) is 5.75 Å². The van der Waals surface area contributed by atoms with Gasteiger partial charge in [-0.25, -0.2) is 0 Å². The number of rotatable bonds is 4. The van der Waals surface area contributed by atoms with Gasteiger partial charge in [-0.2, -0.15) is 0 Å². The monoisotopic (exact) mass is 284 g/mol. The summed E-state index contributed by atoms with van der Waals surface area (Å²) in [7, 11) is 0. The highest BCUT2D eigenvalue weighted by Crippen LogP contribution is 2.23. The first-order valence-electron chi connectivity index (χ1n) is 6.97. The average Bonchev–Trinajstić information content (AvgIpc) is 2.51. The van der Waals surface area contributed by atoms with Crippen LogP contribution in [0.4, 0.5) is 5.69 Å². The molecule has 0 spiro atoms. The van der Waals surface area contributed by atoms with Crippen molar-refractivity contribution in [2.45, 2.75) is 20.4 Å². The molecule has 0 saturated heterocycles. The van der Waals surface area contributed by atoms with Crippen molar-refractivity contribution in [2.24, 2.45) is 5.73 Å². The van der Waals surface area contributed by atoms with Gasteiger partial charge in [0, 0.05) is 18.8 Å². The number of carbonyl (C=O) groups is 1. The van der Waals surface area contributed by atoms with Gasteiger partial charge in [-0.1, -0.05) is 23.8 Å². The fourth-order valence-electron chi connectivity index (χ4n) is 2.22. The Morgan fingerprint density at radius 2 is 1.86 bits per heavy atom. The standard InChI is InChI=1S/C17H20N2O2/c1-3-19(14-7-5-13(11-18)6-8-14)17(21)15-10-12(2)4-9-16(15)20/h4-10,20H,3,11,18H2,1-2H3. The van der Waals surface area contributed by atoms with Gasteiger partial charge >= 0.3 is 0 Å². The Hall–Kier alpha value is -2.33. The first kappa shape index (κ1) is 15.1. The average molecular weight is 284 g/mol. The van der Waals surface area contributed by atoms with Gasteiger partial charge in [0.2, 0.25) is 0 Å². The Balaban J connectivity index is 2.35. The van der Waals surface area contributed by atoms with Crippen molar-refractivity contribution in [2.75, 3.05) is 11.4 Å². The summed E-state index contributed by atoms with van der Waals surface area (Å²) >= 11 is 0. The lowest BCUT2D eigenvalue weighted by molar-refractivity contribution is 0.0985.